The Morgan fingerprint density at radius 3 is 2.48 bits per heavy atom. The molecule has 0 bridgehead atoms. The first-order valence-electron chi connectivity index (χ1n) is 6.77. The third-order valence-corrected chi connectivity index (χ3v) is 3.81. The molecular formula is C18H18BrNO. The summed E-state index contributed by atoms with van der Waals surface area (Å²) < 4.78 is 0.982. The van der Waals surface area contributed by atoms with Gasteiger partial charge in [0.15, 0.2) is 5.78 Å². The summed E-state index contributed by atoms with van der Waals surface area (Å²) in [5, 5.41) is 0. The normalized spacial score (nSPS) is 11.2. The number of ketones is 1. The molecule has 2 aromatic carbocycles. The average Bonchev–Trinajstić information content (AvgIpc) is 2.46. The number of rotatable bonds is 5. The van der Waals surface area contributed by atoms with Gasteiger partial charge in [-0.1, -0.05) is 58.4 Å². The van der Waals surface area contributed by atoms with Gasteiger partial charge in [-0.15, -0.1) is 0 Å². The molecule has 3 heteroatoms. The molecular weight excluding hydrogens is 326 g/mol. The van der Waals surface area contributed by atoms with Gasteiger partial charge in [0.25, 0.3) is 0 Å². The summed E-state index contributed by atoms with van der Waals surface area (Å²) in [7, 11) is 4.00. The van der Waals surface area contributed by atoms with E-state index in [0.717, 1.165) is 27.7 Å². The van der Waals surface area contributed by atoms with Crippen LogP contribution >= 0.6 is 15.9 Å². The summed E-state index contributed by atoms with van der Waals surface area (Å²) in [5.74, 6) is 0.0307. The number of carbonyl (C=O) groups is 1. The van der Waals surface area contributed by atoms with Gasteiger partial charge in [-0.25, -0.2) is 0 Å². The van der Waals surface area contributed by atoms with Crippen LogP contribution in [0.4, 0.5) is 0 Å². The van der Waals surface area contributed by atoms with Crippen molar-refractivity contribution in [3.63, 3.8) is 0 Å². The zero-order valence-corrected chi connectivity index (χ0v) is 13.8. The number of hydrogen-bond donors (Lipinski definition) is 0. The van der Waals surface area contributed by atoms with Crippen molar-refractivity contribution in [1.29, 1.82) is 0 Å². The minimum atomic E-state index is 0.0307. The van der Waals surface area contributed by atoms with E-state index in [1.807, 2.05) is 68.7 Å². The molecule has 2 nitrogen and oxygen atoms in total. The summed E-state index contributed by atoms with van der Waals surface area (Å²) in [6.45, 7) is 0.755. The Kier molecular flexibility index (Phi) is 5.48. The predicted octanol–water partition coefficient (Wildman–Crippen LogP) is 4.41. The monoisotopic (exact) mass is 343 g/mol. The Morgan fingerprint density at radius 2 is 1.76 bits per heavy atom. The fraction of sp³-hybridized carbons (Fsp3) is 0.167. The van der Waals surface area contributed by atoms with Crippen molar-refractivity contribution in [2.24, 2.45) is 0 Å². The Bertz CT molecular complexity index is 662. The summed E-state index contributed by atoms with van der Waals surface area (Å²) >= 11 is 3.48. The van der Waals surface area contributed by atoms with Crippen molar-refractivity contribution in [2.75, 3.05) is 14.1 Å². The summed E-state index contributed by atoms with van der Waals surface area (Å²) in [5.41, 5.74) is 2.80. The molecule has 0 saturated carbocycles. The number of carbonyl (C=O) groups excluding carboxylic acids is 1. The van der Waals surface area contributed by atoms with E-state index < -0.39 is 0 Å². The zero-order valence-electron chi connectivity index (χ0n) is 12.2. The molecule has 0 aliphatic heterocycles. The highest BCUT2D eigenvalue weighted by Gasteiger charge is 2.08. The number of halogens is 1. The van der Waals surface area contributed by atoms with Gasteiger partial charge in [0.1, 0.15) is 0 Å². The number of nitrogens with zero attached hydrogens (tertiary/aromatic N) is 1. The first kappa shape index (κ1) is 15.7. The highest BCUT2D eigenvalue weighted by atomic mass is 79.9. The van der Waals surface area contributed by atoms with Crippen molar-refractivity contribution in [1.82, 2.24) is 4.90 Å². The van der Waals surface area contributed by atoms with E-state index in [1.54, 1.807) is 6.08 Å². The topological polar surface area (TPSA) is 20.3 Å². The highest BCUT2D eigenvalue weighted by molar-refractivity contribution is 9.10. The molecule has 0 radical (unpaired) electrons. The third-order valence-electron chi connectivity index (χ3n) is 3.09. The smallest absolute Gasteiger partial charge is 0.186 e. The largest absolute Gasteiger partial charge is 0.305 e. The molecule has 2 rings (SSSR count). The zero-order chi connectivity index (χ0) is 15.2. The molecule has 0 N–H and O–H groups in total. The molecule has 0 unspecified atom stereocenters. The summed E-state index contributed by atoms with van der Waals surface area (Å²) in [6.07, 6.45) is 3.48. The molecule has 108 valence electrons. The lowest BCUT2D eigenvalue weighted by molar-refractivity contribution is 0.104. The van der Waals surface area contributed by atoms with Gasteiger partial charge in [0, 0.05) is 16.6 Å². The van der Waals surface area contributed by atoms with E-state index in [2.05, 4.69) is 20.8 Å². The minimum absolute atomic E-state index is 0.0307. The second kappa shape index (κ2) is 7.34. The molecule has 21 heavy (non-hydrogen) atoms. The predicted molar refractivity (Wildman–Crippen MR) is 91.3 cm³/mol. The second-order valence-corrected chi connectivity index (χ2v) is 5.97. The molecule has 0 fully saturated rings. The first-order chi connectivity index (χ1) is 10.1. The second-order valence-electron chi connectivity index (χ2n) is 5.11. The fourth-order valence-corrected chi connectivity index (χ4v) is 2.52. The molecule has 0 saturated heterocycles. The Labute approximate surface area is 134 Å². The third kappa shape index (κ3) is 4.38. The lowest BCUT2D eigenvalue weighted by Crippen LogP contribution is -2.13. The van der Waals surface area contributed by atoms with Crippen molar-refractivity contribution in [3.8, 4) is 0 Å². The van der Waals surface area contributed by atoms with Crippen molar-refractivity contribution < 1.29 is 4.79 Å². The maximum atomic E-state index is 12.4. The van der Waals surface area contributed by atoms with Crippen LogP contribution < -0.4 is 0 Å². The summed E-state index contributed by atoms with van der Waals surface area (Å²) in [6, 6.07) is 15.6. The van der Waals surface area contributed by atoms with Gasteiger partial charge >= 0.3 is 0 Å². The van der Waals surface area contributed by atoms with E-state index in [9.17, 15) is 4.79 Å². The Balaban J connectivity index is 2.23. The van der Waals surface area contributed by atoms with Gasteiger partial charge in [-0.05, 0) is 43.4 Å². The lowest BCUT2D eigenvalue weighted by atomic mass is 10.0. The van der Waals surface area contributed by atoms with Gasteiger partial charge in [0.2, 0.25) is 0 Å². The van der Waals surface area contributed by atoms with E-state index in [4.69, 9.17) is 0 Å². The molecule has 0 amide bonds. The molecule has 0 heterocycles. The van der Waals surface area contributed by atoms with Gasteiger partial charge in [-0.3, -0.25) is 4.79 Å². The van der Waals surface area contributed by atoms with E-state index in [0.29, 0.717) is 0 Å². The van der Waals surface area contributed by atoms with Gasteiger partial charge in [-0.2, -0.15) is 0 Å². The number of benzene rings is 2. The molecule has 0 spiro atoms. The van der Waals surface area contributed by atoms with Crippen LogP contribution in [0.2, 0.25) is 0 Å². The maximum Gasteiger partial charge on any atom is 0.186 e. The van der Waals surface area contributed by atoms with Crippen LogP contribution in [0, 0.1) is 0 Å². The first-order valence-corrected chi connectivity index (χ1v) is 7.57. The molecule has 0 atom stereocenters. The average molecular weight is 344 g/mol. The molecule has 2 aromatic rings. The van der Waals surface area contributed by atoms with Crippen molar-refractivity contribution in [2.45, 2.75) is 6.54 Å². The van der Waals surface area contributed by atoms with Crippen LogP contribution in [0.25, 0.3) is 6.08 Å². The van der Waals surface area contributed by atoms with Crippen molar-refractivity contribution in [3.05, 3.63) is 75.8 Å². The van der Waals surface area contributed by atoms with E-state index in [1.165, 1.54) is 0 Å². The summed E-state index contributed by atoms with van der Waals surface area (Å²) in [4.78, 5) is 14.5. The van der Waals surface area contributed by atoms with Gasteiger partial charge < -0.3 is 4.90 Å². The molecule has 0 aliphatic carbocycles. The lowest BCUT2D eigenvalue weighted by Gasteiger charge is -2.12. The fourth-order valence-electron chi connectivity index (χ4n) is 2.10. The Hall–Kier alpha value is -1.71. The van der Waals surface area contributed by atoms with Crippen LogP contribution in [0.5, 0.6) is 0 Å². The molecule has 0 aliphatic rings. The highest BCUT2D eigenvalue weighted by Crippen LogP contribution is 2.18. The van der Waals surface area contributed by atoms with Crippen LogP contribution in [-0.4, -0.2) is 24.8 Å². The molecule has 0 aromatic heterocycles. The number of hydrogen-bond acceptors (Lipinski definition) is 2. The number of allylic oxidation sites excluding steroid dienone is 1. The minimum Gasteiger partial charge on any atom is -0.305 e. The van der Waals surface area contributed by atoms with Crippen molar-refractivity contribution >= 4 is 27.8 Å². The van der Waals surface area contributed by atoms with Gasteiger partial charge in [0.05, 0.1) is 0 Å². The SMILES string of the molecule is CN(C)Cc1ccccc1C(=O)C=Cc1ccccc1Br. The quantitative estimate of drug-likeness (QED) is 0.592. The maximum absolute atomic E-state index is 12.4. The van der Waals surface area contributed by atoms with E-state index in [-0.39, 0.29) is 5.78 Å². The standard InChI is InChI=1S/C18H18BrNO/c1-20(2)13-15-8-3-5-9-16(15)18(21)12-11-14-7-4-6-10-17(14)19/h3-12H,13H2,1-2H3. The van der Waals surface area contributed by atoms with Crippen LogP contribution in [0.3, 0.4) is 0 Å². The Morgan fingerprint density at radius 1 is 1.10 bits per heavy atom. The van der Waals surface area contributed by atoms with Crippen LogP contribution in [0.1, 0.15) is 21.5 Å². The van der Waals surface area contributed by atoms with Crippen LogP contribution in [0.15, 0.2) is 59.1 Å². The van der Waals surface area contributed by atoms with Crippen LogP contribution in [-0.2, 0) is 6.54 Å². The van der Waals surface area contributed by atoms with E-state index >= 15 is 0 Å².